The van der Waals surface area contributed by atoms with Crippen molar-refractivity contribution in [2.75, 3.05) is 0 Å². The van der Waals surface area contributed by atoms with E-state index < -0.39 is 11.5 Å². The summed E-state index contributed by atoms with van der Waals surface area (Å²) in [5.41, 5.74) is 3.95. The first-order valence-electron chi connectivity index (χ1n) is 4.98. The quantitative estimate of drug-likeness (QED) is 0.675. The molecule has 0 aromatic heterocycles. The molecule has 0 aliphatic heterocycles. The third-order valence-corrected chi connectivity index (χ3v) is 3.17. The summed E-state index contributed by atoms with van der Waals surface area (Å²) in [6.07, 6.45) is 3.08. The summed E-state index contributed by atoms with van der Waals surface area (Å²) < 4.78 is 0. The Balaban J connectivity index is 2.65. The lowest BCUT2D eigenvalue weighted by molar-refractivity contribution is -0.141. The molecule has 3 N–H and O–H groups in total. The molecular weight excluding hydrogens is 166 g/mol. The molecule has 0 bridgehead atoms. The number of carbonyl (C=O) groups is 1. The van der Waals surface area contributed by atoms with E-state index in [9.17, 15) is 9.90 Å². The number of amides is 1. The molecule has 2 atom stereocenters. The van der Waals surface area contributed by atoms with Crippen molar-refractivity contribution in [1.29, 1.82) is 0 Å². The van der Waals surface area contributed by atoms with Crippen LogP contribution in [0.25, 0.3) is 0 Å². The fourth-order valence-electron chi connectivity index (χ4n) is 2.09. The van der Waals surface area contributed by atoms with Gasteiger partial charge < -0.3 is 10.8 Å². The molecule has 1 saturated carbocycles. The second-order valence-electron chi connectivity index (χ2n) is 4.50. The zero-order valence-corrected chi connectivity index (χ0v) is 8.42. The molecule has 3 heteroatoms. The summed E-state index contributed by atoms with van der Waals surface area (Å²) in [6, 6.07) is 0. The highest BCUT2D eigenvalue weighted by Crippen LogP contribution is 2.36. The van der Waals surface area contributed by atoms with Crippen LogP contribution in [-0.4, -0.2) is 16.6 Å². The second-order valence-corrected chi connectivity index (χ2v) is 4.50. The van der Waals surface area contributed by atoms with Crippen molar-refractivity contribution in [2.45, 2.75) is 45.1 Å². The monoisotopic (exact) mass is 185 g/mol. The molecule has 76 valence electrons. The van der Waals surface area contributed by atoms with Gasteiger partial charge in [0.1, 0.15) is 5.60 Å². The SMILES string of the molecule is CC(C)C1CCCC(O)(C(N)=O)C1. The predicted molar refractivity (Wildman–Crippen MR) is 50.9 cm³/mol. The Hall–Kier alpha value is -0.570. The lowest BCUT2D eigenvalue weighted by Crippen LogP contribution is -2.48. The van der Waals surface area contributed by atoms with Gasteiger partial charge in [-0.3, -0.25) is 4.79 Å². The van der Waals surface area contributed by atoms with Gasteiger partial charge in [-0.05, 0) is 37.5 Å². The first kappa shape index (κ1) is 10.5. The topological polar surface area (TPSA) is 63.3 Å². The molecule has 13 heavy (non-hydrogen) atoms. The second kappa shape index (κ2) is 3.66. The Morgan fingerprint density at radius 3 is 2.69 bits per heavy atom. The van der Waals surface area contributed by atoms with Crippen molar-refractivity contribution in [3.8, 4) is 0 Å². The molecule has 1 amide bonds. The largest absolute Gasteiger partial charge is 0.380 e. The molecule has 1 aliphatic carbocycles. The van der Waals surface area contributed by atoms with Crippen molar-refractivity contribution in [3.63, 3.8) is 0 Å². The van der Waals surface area contributed by atoms with Crippen molar-refractivity contribution < 1.29 is 9.90 Å². The number of hydrogen-bond donors (Lipinski definition) is 2. The number of nitrogens with two attached hydrogens (primary N) is 1. The van der Waals surface area contributed by atoms with Gasteiger partial charge in [-0.25, -0.2) is 0 Å². The van der Waals surface area contributed by atoms with Gasteiger partial charge in [-0.15, -0.1) is 0 Å². The van der Waals surface area contributed by atoms with Crippen LogP contribution in [0, 0.1) is 11.8 Å². The van der Waals surface area contributed by atoms with Crippen molar-refractivity contribution in [3.05, 3.63) is 0 Å². The Morgan fingerprint density at radius 1 is 1.62 bits per heavy atom. The summed E-state index contributed by atoms with van der Waals surface area (Å²) in [6.45, 7) is 4.24. The van der Waals surface area contributed by atoms with Gasteiger partial charge in [0.2, 0.25) is 5.91 Å². The normalized spacial score (nSPS) is 34.9. The fraction of sp³-hybridized carbons (Fsp3) is 0.900. The maximum atomic E-state index is 11.0. The van der Waals surface area contributed by atoms with E-state index in [1.807, 2.05) is 0 Å². The third-order valence-electron chi connectivity index (χ3n) is 3.17. The standard InChI is InChI=1S/C10H19NO2/c1-7(2)8-4-3-5-10(13,6-8)9(11)12/h7-8,13H,3-6H2,1-2H3,(H2,11,12). The molecular formula is C10H19NO2. The smallest absolute Gasteiger partial charge is 0.249 e. The Labute approximate surface area is 79.3 Å². The van der Waals surface area contributed by atoms with E-state index in [-0.39, 0.29) is 0 Å². The molecule has 0 aromatic carbocycles. The predicted octanol–water partition coefficient (Wildman–Crippen LogP) is 1.05. The van der Waals surface area contributed by atoms with Crippen LogP contribution in [0.3, 0.4) is 0 Å². The molecule has 0 radical (unpaired) electrons. The Morgan fingerprint density at radius 2 is 2.23 bits per heavy atom. The summed E-state index contributed by atoms with van der Waals surface area (Å²) in [5.74, 6) is 0.398. The van der Waals surface area contributed by atoms with E-state index in [4.69, 9.17) is 5.73 Å². The van der Waals surface area contributed by atoms with Crippen LogP contribution >= 0.6 is 0 Å². The van der Waals surface area contributed by atoms with Gasteiger partial charge in [0.05, 0.1) is 0 Å². The van der Waals surface area contributed by atoms with E-state index in [2.05, 4.69) is 13.8 Å². The van der Waals surface area contributed by atoms with Crippen LogP contribution in [-0.2, 0) is 4.79 Å². The average Bonchev–Trinajstić information content (AvgIpc) is 2.04. The van der Waals surface area contributed by atoms with Crippen molar-refractivity contribution in [1.82, 2.24) is 0 Å². The zero-order valence-electron chi connectivity index (χ0n) is 8.42. The summed E-state index contributed by atoms with van der Waals surface area (Å²) in [5, 5.41) is 9.89. The van der Waals surface area contributed by atoms with Crippen LogP contribution in [0.5, 0.6) is 0 Å². The van der Waals surface area contributed by atoms with Crippen LogP contribution < -0.4 is 5.73 Å². The summed E-state index contributed by atoms with van der Waals surface area (Å²) in [4.78, 5) is 11.0. The maximum Gasteiger partial charge on any atom is 0.249 e. The third kappa shape index (κ3) is 2.21. The van der Waals surface area contributed by atoms with Crippen molar-refractivity contribution >= 4 is 5.91 Å². The van der Waals surface area contributed by atoms with Crippen LogP contribution in [0.1, 0.15) is 39.5 Å². The molecule has 2 unspecified atom stereocenters. The fourth-order valence-corrected chi connectivity index (χ4v) is 2.09. The minimum Gasteiger partial charge on any atom is -0.380 e. The van der Waals surface area contributed by atoms with E-state index in [1.165, 1.54) is 0 Å². The molecule has 0 heterocycles. The average molecular weight is 185 g/mol. The van der Waals surface area contributed by atoms with E-state index in [0.717, 1.165) is 12.8 Å². The van der Waals surface area contributed by atoms with Gasteiger partial charge >= 0.3 is 0 Å². The van der Waals surface area contributed by atoms with Gasteiger partial charge in [-0.2, -0.15) is 0 Å². The highest BCUT2D eigenvalue weighted by molar-refractivity contribution is 5.83. The molecule has 1 fully saturated rings. The highest BCUT2D eigenvalue weighted by Gasteiger charge is 2.39. The van der Waals surface area contributed by atoms with Gasteiger partial charge in [0, 0.05) is 0 Å². The molecule has 1 rings (SSSR count). The minimum atomic E-state index is -1.23. The summed E-state index contributed by atoms with van der Waals surface area (Å²) in [7, 11) is 0. The van der Waals surface area contributed by atoms with Gasteiger partial charge in [0.25, 0.3) is 0 Å². The van der Waals surface area contributed by atoms with E-state index in [0.29, 0.717) is 24.7 Å². The number of primary amides is 1. The molecule has 1 aliphatic rings. The maximum absolute atomic E-state index is 11.0. The lowest BCUT2D eigenvalue weighted by Gasteiger charge is -2.36. The van der Waals surface area contributed by atoms with Crippen LogP contribution in [0.15, 0.2) is 0 Å². The Bertz CT molecular complexity index is 203. The molecule has 0 spiro atoms. The summed E-state index contributed by atoms with van der Waals surface area (Å²) >= 11 is 0. The number of carbonyl (C=O) groups excluding carboxylic acids is 1. The molecule has 3 nitrogen and oxygen atoms in total. The minimum absolute atomic E-state index is 0.436. The van der Waals surface area contributed by atoms with Crippen LogP contribution in [0.2, 0.25) is 0 Å². The van der Waals surface area contributed by atoms with Gasteiger partial charge in [-0.1, -0.05) is 13.8 Å². The first-order valence-corrected chi connectivity index (χ1v) is 4.98. The van der Waals surface area contributed by atoms with E-state index >= 15 is 0 Å². The number of aliphatic hydroxyl groups is 1. The number of hydrogen-bond acceptors (Lipinski definition) is 2. The highest BCUT2D eigenvalue weighted by atomic mass is 16.3. The zero-order chi connectivity index (χ0) is 10.1. The van der Waals surface area contributed by atoms with Gasteiger partial charge in [0.15, 0.2) is 0 Å². The van der Waals surface area contributed by atoms with Crippen molar-refractivity contribution in [2.24, 2.45) is 17.6 Å². The molecule has 0 aromatic rings. The molecule has 0 saturated heterocycles. The lowest BCUT2D eigenvalue weighted by atomic mass is 9.73. The first-order chi connectivity index (χ1) is 5.96. The number of rotatable bonds is 2. The Kier molecular flexibility index (Phi) is 2.96. The van der Waals surface area contributed by atoms with E-state index in [1.54, 1.807) is 0 Å². The van der Waals surface area contributed by atoms with Crippen LogP contribution in [0.4, 0.5) is 0 Å².